The fourth-order valence-electron chi connectivity index (χ4n) is 2.16. The second-order valence-corrected chi connectivity index (χ2v) is 6.29. The van der Waals surface area contributed by atoms with Gasteiger partial charge in [-0.05, 0) is 20.8 Å². The lowest BCUT2D eigenvalue weighted by Gasteiger charge is -2.28. The number of nitrogens with zero attached hydrogens (tertiary/aromatic N) is 2. The van der Waals surface area contributed by atoms with Crippen LogP contribution < -0.4 is 5.32 Å². The van der Waals surface area contributed by atoms with Gasteiger partial charge in [0.25, 0.3) is 0 Å². The number of carbonyl (C=O) groups excluding carboxylic acids is 2. The smallest absolute Gasteiger partial charge is 0.247 e. The fourth-order valence-corrected chi connectivity index (χ4v) is 2.92. The molecule has 1 aliphatic rings. The second kappa shape index (κ2) is 5.28. The summed E-state index contributed by atoms with van der Waals surface area (Å²) >= 11 is 1.61. The highest BCUT2D eigenvalue weighted by atomic mass is 32.1. The van der Waals surface area contributed by atoms with E-state index in [0.717, 1.165) is 17.1 Å². The van der Waals surface area contributed by atoms with E-state index < -0.39 is 5.54 Å². The van der Waals surface area contributed by atoms with Crippen molar-refractivity contribution in [2.24, 2.45) is 0 Å². The predicted molar refractivity (Wildman–Crippen MR) is 74.0 cm³/mol. The van der Waals surface area contributed by atoms with E-state index in [4.69, 9.17) is 0 Å². The van der Waals surface area contributed by atoms with Crippen molar-refractivity contribution in [1.82, 2.24) is 15.2 Å². The Hall–Kier alpha value is -1.43. The first kappa shape index (κ1) is 14.0. The van der Waals surface area contributed by atoms with E-state index in [1.807, 2.05) is 12.3 Å². The Morgan fingerprint density at radius 2 is 2.21 bits per heavy atom. The van der Waals surface area contributed by atoms with E-state index in [1.165, 1.54) is 0 Å². The summed E-state index contributed by atoms with van der Waals surface area (Å²) < 4.78 is 0. The van der Waals surface area contributed by atoms with Crippen LogP contribution in [0.5, 0.6) is 0 Å². The van der Waals surface area contributed by atoms with Crippen LogP contribution in [0.15, 0.2) is 5.38 Å². The maximum absolute atomic E-state index is 12.3. The monoisotopic (exact) mass is 281 g/mol. The zero-order valence-corrected chi connectivity index (χ0v) is 12.3. The predicted octanol–water partition coefficient (Wildman–Crippen LogP) is 1.12. The highest BCUT2D eigenvalue weighted by Gasteiger charge is 2.36. The van der Waals surface area contributed by atoms with Crippen LogP contribution in [0.1, 0.15) is 31.0 Å². The van der Waals surface area contributed by atoms with E-state index in [2.05, 4.69) is 10.3 Å². The molecule has 0 spiro atoms. The lowest BCUT2D eigenvalue weighted by atomic mass is 10.0. The molecular formula is C13H19N3O2S. The van der Waals surface area contributed by atoms with Crippen LogP contribution in [0.3, 0.4) is 0 Å². The number of nitrogens with one attached hydrogen (secondary N) is 1. The van der Waals surface area contributed by atoms with E-state index in [1.54, 1.807) is 30.1 Å². The molecule has 1 N–H and O–H groups in total. The number of amides is 2. The van der Waals surface area contributed by atoms with E-state index >= 15 is 0 Å². The third-order valence-electron chi connectivity index (χ3n) is 3.14. The molecular weight excluding hydrogens is 262 g/mol. The molecule has 1 aromatic heterocycles. The average Bonchev–Trinajstić information content (AvgIpc) is 2.69. The Balaban J connectivity index is 2.02. The number of hydrogen-bond acceptors (Lipinski definition) is 4. The lowest BCUT2D eigenvalue weighted by molar-refractivity contribution is -0.137. The van der Waals surface area contributed by atoms with Gasteiger partial charge in [0.15, 0.2) is 0 Å². The SMILES string of the molecule is Cc1csc(CCN2CCC(=O)NC(C)(C)C2=O)n1. The van der Waals surface area contributed by atoms with Gasteiger partial charge in [0.2, 0.25) is 11.8 Å². The minimum Gasteiger partial charge on any atom is -0.342 e. The summed E-state index contributed by atoms with van der Waals surface area (Å²) in [5.74, 6) is -0.0856. The zero-order chi connectivity index (χ0) is 14.0. The van der Waals surface area contributed by atoms with Crippen molar-refractivity contribution in [2.75, 3.05) is 13.1 Å². The van der Waals surface area contributed by atoms with Crippen molar-refractivity contribution in [3.8, 4) is 0 Å². The van der Waals surface area contributed by atoms with Crippen LogP contribution in [0.2, 0.25) is 0 Å². The van der Waals surface area contributed by atoms with Crippen molar-refractivity contribution in [3.63, 3.8) is 0 Å². The molecule has 2 amide bonds. The van der Waals surface area contributed by atoms with Crippen molar-refractivity contribution < 1.29 is 9.59 Å². The van der Waals surface area contributed by atoms with Gasteiger partial charge in [0.05, 0.1) is 5.01 Å². The molecule has 5 nitrogen and oxygen atoms in total. The van der Waals surface area contributed by atoms with Gasteiger partial charge >= 0.3 is 0 Å². The molecule has 0 saturated carbocycles. The van der Waals surface area contributed by atoms with E-state index in [0.29, 0.717) is 19.5 Å². The third-order valence-corrected chi connectivity index (χ3v) is 4.17. The summed E-state index contributed by atoms with van der Waals surface area (Å²) in [4.78, 5) is 30.1. The maximum Gasteiger partial charge on any atom is 0.247 e. The van der Waals surface area contributed by atoms with Gasteiger partial charge in [-0.15, -0.1) is 11.3 Å². The number of aryl methyl sites for hydroxylation is 1. The molecule has 0 unspecified atom stereocenters. The number of thiazole rings is 1. The van der Waals surface area contributed by atoms with Crippen LogP contribution in [0.4, 0.5) is 0 Å². The maximum atomic E-state index is 12.3. The van der Waals surface area contributed by atoms with Crippen LogP contribution in [-0.4, -0.2) is 40.3 Å². The fraction of sp³-hybridized carbons (Fsp3) is 0.615. The molecule has 0 bridgehead atoms. The molecule has 104 valence electrons. The Kier molecular flexibility index (Phi) is 3.89. The number of carbonyl (C=O) groups is 2. The first-order valence-electron chi connectivity index (χ1n) is 6.40. The standard InChI is InChI=1S/C13H19N3O2S/c1-9-8-19-11(14-9)5-7-16-6-4-10(17)15-13(2,3)12(16)18/h8H,4-7H2,1-3H3,(H,15,17). The van der Waals surface area contributed by atoms with Crippen LogP contribution in [-0.2, 0) is 16.0 Å². The van der Waals surface area contributed by atoms with Crippen molar-refractivity contribution >= 4 is 23.2 Å². The van der Waals surface area contributed by atoms with Crippen molar-refractivity contribution in [3.05, 3.63) is 16.1 Å². The molecule has 0 radical (unpaired) electrons. The molecule has 1 saturated heterocycles. The van der Waals surface area contributed by atoms with Gasteiger partial charge in [-0.3, -0.25) is 9.59 Å². The molecule has 1 aromatic rings. The first-order valence-corrected chi connectivity index (χ1v) is 7.28. The van der Waals surface area contributed by atoms with Gasteiger partial charge < -0.3 is 10.2 Å². The normalized spacial score (nSPS) is 19.2. The van der Waals surface area contributed by atoms with Gasteiger partial charge in [-0.2, -0.15) is 0 Å². The Morgan fingerprint density at radius 3 is 2.84 bits per heavy atom. The summed E-state index contributed by atoms with van der Waals surface area (Å²) in [5, 5.41) is 5.80. The number of hydrogen-bond donors (Lipinski definition) is 1. The summed E-state index contributed by atoms with van der Waals surface area (Å²) in [6.07, 6.45) is 1.11. The lowest BCUT2D eigenvalue weighted by Crippen LogP contribution is -2.53. The first-order chi connectivity index (χ1) is 8.88. The Bertz CT molecular complexity index is 496. The molecule has 0 atom stereocenters. The summed E-state index contributed by atoms with van der Waals surface area (Å²) in [7, 11) is 0. The number of aromatic nitrogens is 1. The number of rotatable bonds is 3. The van der Waals surface area contributed by atoms with E-state index in [-0.39, 0.29) is 11.8 Å². The van der Waals surface area contributed by atoms with Gasteiger partial charge in [0.1, 0.15) is 5.54 Å². The molecule has 1 fully saturated rings. The van der Waals surface area contributed by atoms with Crippen molar-refractivity contribution in [2.45, 2.75) is 39.2 Å². The van der Waals surface area contributed by atoms with Crippen LogP contribution in [0, 0.1) is 6.92 Å². The average molecular weight is 281 g/mol. The summed E-state index contributed by atoms with van der Waals surface area (Å²) in [6.45, 7) is 6.56. The highest BCUT2D eigenvalue weighted by Crippen LogP contribution is 2.15. The zero-order valence-electron chi connectivity index (χ0n) is 11.5. The topological polar surface area (TPSA) is 62.3 Å². The second-order valence-electron chi connectivity index (χ2n) is 5.35. The molecule has 0 aliphatic carbocycles. The van der Waals surface area contributed by atoms with Gasteiger partial charge in [0, 0.05) is 37.0 Å². The van der Waals surface area contributed by atoms with E-state index in [9.17, 15) is 9.59 Å². The Morgan fingerprint density at radius 1 is 1.47 bits per heavy atom. The van der Waals surface area contributed by atoms with Crippen molar-refractivity contribution in [1.29, 1.82) is 0 Å². The quantitative estimate of drug-likeness (QED) is 0.903. The van der Waals surface area contributed by atoms with Gasteiger partial charge in [-0.25, -0.2) is 4.98 Å². The minimum absolute atomic E-state index is 0.0216. The molecule has 19 heavy (non-hydrogen) atoms. The Labute approximate surface area is 117 Å². The summed E-state index contributed by atoms with van der Waals surface area (Å²) in [6, 6.07) is 0. The molecule has 6 heteroatoms. The summed E-state index contributed by atoms with van der Waals surface area (Å²) in [5.41, 5.74) is 0.200. The highest BCUT2D eigenvalue weighted by molar-refractivity contribution is 7.09. The minimum atomic E-state index is -0.813. The third kappa shape index (κ3) is 3.32. The molecule has 2 rings (SSSR count). The largest absolute Gasteiger partial charge is 0.342 e. The van der Waals surface area contributed by atoms with Gasteiger partial charge in [-0.1, -0.05) is 0 Å². The molecule has 0 aromatic carbocycles. The molecule has 2 heterocycles. The van der Waals surface area contributed by atoms with Crippen LogP contribution >= 0.6 is 11.3 Å². The molecule has 1 aliphatic heterocycles. The van der Waals surface area contributed by atoms with Crippen LogP contribution in [0.25, 0.3) is 0 Å².